The molecule has 1 atom stereocenters. The van der Waals surface area contributed by atoms with Gasteiger partial charge in [-0.1, -0.05) is 19.9 Å². The third kappa shape index (κ3) is 1.83. The van der Waals surface area contributed by atoms with Gasteiger partial charge < -0.3 is 5.32 Å². The molecule has 1 unspecified atom stereocenters. The van der Waals surface area contributed by atoms with E-state index in [4.69, 9.17) is 6.57 Å². The van der Waals surface area contributed by atoms with E-state index in [9.17, 15) is 0 Å². The van der Waals surface area contributed by atoms with Gasteiger partial charge in [0.2, 0.25) is 5.00 Å². The maximum atomic E-state index is 7.15. The summed E-state index contributed by atoms with van der Waals surface area (Å²) < 4.78 is 0. The summed E-state index contributed by atoms with van der Waals surface area (Å²) in [6, 6.07) is 9.04. The maximum Gasteiger partial charge on any atom is 0.241 e. The third-order valence-electron chi connectivity index (χ3n) is 4.45. The fourth-order valence-electron chi connectivity index (χ4n) is 2.80. The van der Waals surface area contributed by atoms with E-state index in [-0.39, 0.29) is 5.41 Å². The summed E-state index contributed by atoms with van der Waals surface area (Å²) in [4.78, 5) is 4.76. The molecule has 2 nitrogen and oxygen atoms in total. The highest BCUT2D eigenvalue weighted by Gasteiger charge is 2.36. The number of thiophene rings is 1. The second kappa shape index (κ2) is 4.36. The van der Waals surface area contributed by atoms with Crippen LogP contribution < -0.4 is 5.32 Å². The quantitative estimate of drug-likeness (QED) is 0.696. The van der Waals surface area contributed by atoms with Crippen LogP contribution in [0, 0.1) is 13.5 Å². The Bertz CT molecular complexity index is 719. The molecular weight excluding hydrogens is 264 g/mol. The first-order valence-corrected chi connectivity index (χ1v) is 7.64. The zero-order valence-corrected chi connectivity index (χ0v) is 13.1. The molecule has 1 aromatic heterocycles. The zero-order chi connectivity index (χ0) is 14.5. The normalized spacial score (nSPS) is 19.2. The standard InChI is InChI=1S/C17H18N2S/c1-10-8-15(18-5)20-16(10)12-6-7-14-13(9-12)17(3,4)11(2)19-14/h6-9,11,19H,1-4H3. The van der Waals surface area contributed by atoms with Gasteiger partial charge in [0.15, 0.2) is 0 Å². The molecule has 0 bridgehead atoms. The molecule has 0 saturated carbocycles. The fourth-order valence-corrected chi connectivity index (χ4v) is 3.75. The zero-order valence-electron chi connectivity index (χ0n) is 12.2. The van der Waals surface area contributed by atoms with E-state index < -0.39 is 0 Å². The first-order chi connectivity index (χ1) is 9.43. The lowest BCUT2D eigenvalue weighted by Gasteiger charge is -2.24. The van der Waals surface area contributed by atoms with Crippen LogP contribution in [0.25, 0.3) is 15.3 Å². The van der Waals surface area contributed by atoms with E-state index in [2.05, 4.69) is 56.1 Å². The van der Waals surface area contributed by atoms with Crippen LogP contribution in [-0.4, -0.2) is 6.04 Å². The van der Waals surface area contributed by atoms with Crippen LogP contribution in [0.2, 0.25) is 0 Å². The fraction of sp³-hybridized carbons (Fsp3) is 0.353. The molecule has 1 aliphatic heterocycles. The number of hydrogen-bond acceptors (Lipinski definition) is 2. The topological polar surface area (TPSA) is 16.4 Å². The molecule has 0 amide bonds. The monoisotopic (exact) mass is 282 g/mol. The average molecular weight is 282 g/mol. The lowest BCUT2D eigenvalue weighted by atomic mass is 9.81. The van der Waals surface area contributed by atoms with E-state index in [1.807, 2.05) is 6.07 Å². The smallest absolute Gasteiger partial charge is 0.241 e. The predicted molar refractivity (Wildman–Crippen MR) is 86.9 cm³/mol. The van der Waals surface area contributed by atoms with Crippen LogP contribution >= 0.6 is 11.3 Å². The van der Waals surface area contributed by atoms with Gasteiger partial charge in [-0.25, -0.2) is 4.85 Å². The van der Waals surface area contributed by atoms with Crippen molar-refractivity contribution in [1.29, 1.82) is 0 Å². The summed E-state index contributed by atoms with van der Waals surface area (Å²) in [5.74, 6) is 0. The number of benzene rings is 1. The first kappa shape index (κ1) is 13.2. The molecule has 2 aromatic rings. The van der Waals surface area contributed by atoms with Crippen LogP contribution in [0.1, 0.15) is 31.9 Å². The highest BCUT2D eigenvalue weighted by Crippen LogP contribution is 2.44. The van der Waals surface area contributed by atoms with Crippen molar-refractivity contribution in [2.75, 3.05) is 5.32 Å². The molecule has 3 rings (SSSR count). The minimum atomic E-state index is 0.138. The molecule has 3 heteroatoms. The number of nitrogens with one attached hydrogen (secondary N) is 1. The molecule has 0 fully saturated rings. The van der Waals surface area contributed by atoms with E-state index >= 15 is 0 Å². The van der Waals surface area contributed by atoms with Crippen LogP contribution in [0.15, 0.2) is 24.3 Å². The van der Waals surface area contributed by atoms with Gasteiger partial charge >= 0.3 is 0 Å². The van der Waals surface area contributed by atoms with Gasteiger partial charge in [0.1, 0.15) is 0 Å². The number of aryl methyl sites for hydroxylation is 1. The highest BCUT2D eigenvalue weighted by atomic mass is 32.1. The molecule has 102 valence electrons. The Balaban J connectivity index is 2.13. The summed E-state index contributed by atoms with van der Waals surface area (Å²) in [5, 5.41) is 4.32. The summed E-state index contributed by atoms with van der Waals surface area (Å²) in [6.07, 6.45) is 0. The Morgan fingerprint density at radius 2 is 2.05 bits per heavy atom. The number of nitrogens with zero attached hydrogens (tertiary/aromatic N) is 1. The SMILES string of the molecule is [C-]#[N+]c1cc(C)c(-c2ccc3c(c2)C(C)(C)C(C)N3)s1. The Kier molecular flexibility index (Phi) is 2.88. The molecule has 20 heavy (non-hydrogen) atoms. The second-order valence-electron chi connectivity index (χ2n) is 6.06. The third-order valence-corrected chi connectivity index (χ3v) is 5.63. The van der Waals surface area contributed by atoms with Crippen LogP contribution in [0.4, 0.5) is 10.7 Å². The van der Waals surface area contributed by atoms with Gasteiger partial charge in [0.05, 0.1) is 6.57 Å². The molecule has 0 aliphatic carbocycles. The van der Waals surface area contributed by atoms with Crippen molar-refractivity contribution in [3.8, 4) is 10.4 Å². The molecule has 0 saturated heterocycles. The maximum absolute atomic E-state index is 7.15. The summed E-state index contributed by atoms with van der Waals surface area (Å²) in [5.41, 5.74) is 5.17. The molecule has 1 aromatic carbocycles. The molecule has 0 radical (unpaired) electrons. The van der Waals surface area contributed by atoms with Crippen molar-refractivity contribution in [1.82, 2.24) is 0 Å². The van der Waals surface area contributed by atoms with Crippen molar-refractivity contribution >= 4 is 22.0 Å². The minimum Gasteiger partial charge on any atom is -0.381 e. The Morgan fingerprint density at radius 1 is 1.30 bits per heavy atom. The van der Waals surface area contributed by atoms with Gasteiger partial charge in [-0.3, -0.25) is 0 Å². The average Bonchev–Trinajstić information content (AvgIpc) is 2.89. The Hall–Kier alpha value is -1.79. The van der Waals surface area contributed by atoms with Gasteiger partial charge in [0.25, 0.3) is 0 Å². The van der Waals surface area contributed by atoms with E-state index in [0.717, 1.165) is 5.00 Å². The van der Waals surface area contributed by atoms with Crippen molar-refractivity contribution < 1.29 is 0 Å². The van der Waals surface area contributed by atoms with E-state index in [1.54, 1.807) is 11.3 Å². The highest BCUT2D eigenvalue weighted by molar-refractivity contribution is 7.19. The van der Waals surface area contributed by atoms with E-state index in [0.29, 0.717) is 6.04 Å². The van der Waals surface area contributed by atoms with Crippen LogP contribution in [0.5, 0.6) is 0 Å². The van der Waals surface area contributed by atoms with Gasteiger partial charge in [0, 0.05) is 22.0 Å². The number of rotatable bonds is 1. The lowest BCUT2D eigenvalue weighted by Crippen LogP contribution is -2.29. The van der Waals surface area contributed by atoms with Gasteiger partial charge in [-0.15, -0.1) is 0 Å². The molecule has 1 aliphatic rings. The lowest BCUT2D eigenvalue weighted by molar-refractivity contribution is 0.486. The summed E-state index contributed by atoms with van der Waals surface area (Å²) in [6.45, 7) is 16.0. The summed E-state index contributed by atoms with van der Waals surface area (Å²) in [7, 11) is 0. The second-order valence-corrected chi connectivity index (χ2v) is 7.09. The minimum absolute atomic E-state index is 0.138. The summed E-state index contributed by atoms with van der Waals surface area (Å²) >= 11 is 1.58. The van der Waals surface area contributed by atoms with Crippen LogP contribution in [0.3, 0.4) is 0 Å². The first-order valence-electron chi connectivity index (χ1n) is 6.83. The Labute approximate surface area is 124 Å². The van der Waals surface area contributed by atoms with Crippen molar-refractivity contribution in [3.63, 3.8) is 0 Å². The molecular formula is C17H18N2S. The van der Waals surface area contributed by atoms with Crippen molar-refractivity contribution in [2.24, 2.45) is 0 Å². The number of anilines is 1. The largest absolute Gasteiger partial charge is 0.381 e. The molecule has 1 N–H and O–H groups in total. The number of fused-ring (bicyclic) bond motifs is 1. The Morgan fingerprint density at radius 3 is 2.70 bits per heavy atom. The van der Waals surface area contributed by atoms with Gasteiger partial charge in [-0.2, -0.15) is 11.3 Å². The van der Waals surface area contributed by atoms with Crippen molar-refractivity contribution in [2.45, 2.75) is 39.2 Å². The van der Waals surface area contributed by atoms with Crippen LogP contribution in [-0.2, 0) is 5.41 Å². The predicted octanol–water partition coefficient (Wildman–Crippen LogP) is 5.37. The number of hydrogen-bond donors (Lipinski definition) is 1. The van der Waals surface area contributed by atoms with Gasteiger partial charge in [-0.05, 0) is 48.7 Å². The molecule has 2 heterocycles. The van der Waals surface area contributed by atoms with Crippen molar-refractivity contribution in [3.05, 3.63) is 46.8 Å². The van der Waals surface area contributed by atoms with E-state index in [1.165, 1.54) is 27.3 Å². The molecule has 0 spiro atoms.